The predicted octanol–water partition coefficient (Wildman–Crippen LogP) is -0.178. The molecular formula is C11H20N2O3S. The van der Waals surface area contributed by atoms with E-state index in [1.54, 1.807) is 0 Å². The Balaban J connectivity index is 1.77. The molecule has 5 nitrogen and oxygen atoms in total. The minimum Gasteiger partial charge on any atom is -0.353 e. The SMILES string of the molecule is O=C(CC1CS(=O)(=O)CCN1)NC1CCCC1. The second kappa shape index (κ2) is 5.35. The first-order chi connectivity index (χ1) is 8.05. The van der Waals surface area contributed by atoms with Crippen LogP contribution in [0.4, 0.5) is 0 Å². The van der Waals surface area contributed by atoms with Crippen molar-refractivity contribution < 1.29 is 13.2 Å². The van der Waals surface area contributed by atoms with Gasteiger partial charge in [0.2, 0.25) is 5.91 Å². The maximum atomic E-state index is 11.7. The Bertz CT molecular complexity index is 374. The molecule has 1 heterocycles. The van der Waals surface area contributed by atoms with Crippen molar-refractivity contribution in [1.82, 2.24) is 10.6 Å². The lowest BCUT2D eigenvalue weighted by Gasteiger charge is -2.23. The topological polar surface area (TPSA) is 75.3 Å². The third kappa shape index (κ3) is 3.96. The Kier molecular flexibility index (Phi) is 4.04. The molecule has 1 saturated heterocycles. The highest BCUT2D eigenvalue weighted by molar-refractivity contribution is 7.91. The minimum atomic E-state index is -2.95. The van der Waals surface area contributed by atoms with Crippen LogP contribution in [0.1, 0.15) is 32.1 Å². The molecule has 6 heteroatoms. The maximum Gasteiger partial charge on any atom is 0.221 e. The number of rotatable bonds is 3. The van der Waals surface area contributed by atoms with Gasteiger partial charge >= 0.3 is 0 Å². The first kappa shape index (κ1) is 12.8. The van der Waals surface area contributed by atoms with E-state index < -0.39 is 9.84 Å². The maximum absolute atomic E-state index is 11.7. The second-order valence-corrected chi connectivity index (χ2v) is 7.25. The van der Waals surface area contributed by atoms with Gasteiger partial charge in [0.1, 0.15) is 0 Å². The lowest BCUT2D eigenvalue weighted by Crippen LogP contribution is -2.48. The summed E-state index contributed by atoms with van der Waals surface area (Å²) in [5, 5.41) is 6.07. The van der Waals surface area contributed by atoms with Crippen molar-refractivity contribution in [3.63, 3.8) is 0 Å². The summed E-state index contributed by atoms with van der Waals surface area (Å²) in [5.41, 5.74) is 0. The molecule has 1 aliphatic carbocycles. The van der Waals surface area contributed by atoms with Crippen molar-refractivity contribution in [1.29, 1.82) is 0 Å². The van der Waals surface area contributed by atoms with Crippen LogP contribution in [0.25, 0.3) is 0 Å². The fourth-order valence-corrected chi connectivity index (χ4v) is 4.02. The summed E-state index contributed by atoms with van der Waals surface area (Å²) in [4.78, 5) is 11.7. The molecule has 0 aromatic carbocycles. The molecule has 98 valence electrons. The van der Waals surface area contributed by atoms with E-state index in [9.17, 15) is 13.2 Å². The molecule has 0 radical (unpaired) electrons. The summed E-state index contributed by atoms with van der Waals surface area (Å²) in [5.74, 6) is 0.255. The van der Waals surface area contributed by atoms with E-state index in [1.807, 2.05) is 0 Å². The van der Waals surface area contributed by atoms with Gasteiger partial charge in [-0.3, -0.25) is 4.79 Å². The molecule has 0 bridgehead atoms. The van der Waals surface area contributed by atoms with Gasteiger partial charge in [0.05, 0.1) is 11.5 Å². The smallest absolute Gasteiger partial charge is 0.221 e. The molecule has 1 amide bonds. The van der Waals surface area contributed by atoms with Crippen LogP contribution in [0.5, 0.6) is 0 Å². The Hall–Kier alpha value is -0.620. The van der Waals surface area contributed by atoms with Crippen molar-refractivity contribution >= 4 is 15.7 Å². The molecule has 17 heavy (non-hydrogen) atoms. The molecule has 1 atom stereocenters. The number of hydrogen-bond donors (Lipinski definition) is 2. The second-order valence-electron chi connectivity index (χ2n) is 5.02. The van der Waals surface area contributed by atoms with E-state index in [-0.39, 0.29) is 29.9 Å². The molecule has 2 N–H and O–H groups in total. The number of nitrogens with one attached hydrogen (secondary N) is 2. The lowest BCUT2D eigenvalue weighted by atomic mass is 10.2. The zero-order chi connectivity index (χ0) is 12.3. The molecule has 0 spiro atoms. The summed E-state index contributed by atoms with van der Waals surface area (Å²) in [6, 6.07) is 0.0952. The van der Waals surface area contributed by atoms with Gasteiger partial charge in [0, 0.05) is 25.0 Å². The van der Waals surface area contributed by atoms with Gasteiger partial charge < -0.3 is 10.6 Å². The molecule has 2 rings (SSSR count). The number of carbonyl (C=O) groups is 1. The van der Waals surface area contributed by atoms with Gasteiger partial charge in [-0.1, -0.05) is 12.8 Å². The third-order valence-electron chi connectivity index (χ3n) is 3.45. The first-order valence-corrected chi connectivity index (χ1v) is 8.10. The summed E-state index contributed by atoms with van der Waals surface area (Å²) in [6.07, 6.45) is 4.75. The number of sulfone groups is 1. The molecule has 0 aromatic rings. The van der Waals surface area contributed by atoms with E-state index in [0.717, 1.165) is 12.8 Å². The van der Waals surface area contributed by atoms with Gasteiger partial charge in [-0.05, 0) is 12.8 Å². The van der Waals surface area contributed by atoms with E-state index in [4.69, 9.17) is 0 Å². The Labute approximate surface area is 102 Å². The van der Waals surface area contributed by atoms with Gasteiger partial charge in [0.15, 0.2) is 9.84 Å². The third-order valence-corrected chi connectivity index (χ3v) is 5.19. The Morgan fingerprint density at radius 3 is 2.65 bits per heavy atom. The molecule has 0 aromatic heterocycles. The largest absolute Gasteiger partial charge is 0.353 e. The van der Waals surface area contributed by atoms with E-state index in [2.05, 4.69) is 10.6 Å². The van der Waals surface area contributed by atoms with Crippen LogP contribution >= 0.6 is 0 Å². The van der Waals surface area contributed by atoms with Crippen molar-refractivity contribution in [2.45, 2.75) is 44.2 Å². The molecular weight excluding hydrogens is 240 g/mol. The fraction of sp³-hybridized carbons (Fsp3) is 0.909. The lowest BCUT2D eigenvalue weighted by molar-refractivity contribution is -0.122. The van der Waals surface area contributed by atoms with Gasteiger partial charge in [-0.2, -0.15) is 0 Å². The highest BCUT2D eigenvalue weighted by atomic mass is 32.2. The summed E-state index contributed by atoms with van der Waals surface area (Å²) in [7, 11) is -2.95. The quantitative estimate of drug-likeness (QED) is 0.738. The summed E-state index contributed by atoms with van der Waals surface area (Å²) < 4.78 is 22.8. The van der Waals surface area contributed by atoms with Crippen molar-refractivity contribution in [2.24, 2.45) is 0 Å². The minimum absolute atomic E-state index is 0.0218. The van der Waals surface area contributed by atoms with Crippen LogP contribution in [0.2, 0.25) is 0 Å². The molecule has 1 unspecified atom stereocenters. The highest BCUT2D eigenvalue weighted by Gasteiger charge is 2.27. The Morgan fingerprint density at radius 2 is 2.00 bits per heavy atom. The van der Waals surface area contributed by atoms with Crippen LogP contribution in [0.15, 0.2) is 0 Å². The van der Waals surface area contributed by atoms with E-state index >= 15 is 0 Å². The van der Waals surface area contributed by atoms with Gasteiger partial charge in [-0.25, -0.2) is 8.42 Å². The van der Waals surface area contributed by atoms with E-state index in [1.165, 1.54) is 12.8 Å². The summed E-state index contributed by atoms with van der Waals surface area (Å²) in [6.45, 7) is 0.462. The number of carbonyl (C=O) groups excluding carboxylic acids is 1. The predicted molar refractivity (Wildman–Crippen MR) is 65.5 cm³/mol. The zero-order valence-electron chi connectivity index (χ0n) is 9.94. The normalized spacial score (nSPS) is 29.1. The van der Waals surface area contributed by atoms with Crippen LogP contribution < -0.4 is 10.6 Å². The monoisotopic (exact) mass is 260 g/mol. The first-order valence-electron chi connectivity index (χ1n) is 6.28. The van der Waals surface area contributed by atoms with Crippen LogP contribution in [0.3, 0.4) is 0 Å². The van der Waals surface area contributed by atoms with Crippen molar-refractivity contribution in [3.8, 4) is 0 Å². The zero-order valence-corrected chi connectivity index (χ0v) is 10.8. The van der Waals surface area contributed by atoms with Crippen LogP contribution in [-0.2, 0) is 14.6 Å². The summed E-state index contributed by atoms with van der Waals surface area (Å²) >= 11 is 0. The van der Waals surface area contributed by atoms with Crippen molar-refractivity contribution in [2.75, 3.05) is 18.1 Å². The van der Waals surface area contributed by atoms with E-state index in [0.29, 0.717) is 12.6 Å². The molecule has 1 aliphatic heterocycles. The van der Waals surface area contributed by atoms with Crippen LogP contribution in [-0.4, -0.2) is 44.5 Å². The fourth-order valence-electron chi connectivity index (χ4n) is 2.58. The van der Waals surface area contributed by atoms with Gasteiger partial charge in [0.25, 0.3) is 0 Å². The molecule has 2 fully saturated rings. The van der Waals surface area contributed by atoms with Crippen molar-refractivity contribution in [3.05, 3.63) is 0 Å². The standard InChI is InChI=1S/C11H20N2O3S/c14-11(13-9-3-1-2-4-9)7-10-8-17(15,16)6-5-12-10/h9-10,12H,1-8H2,(H,13,14). The average Bonchev–Trinajstić information content (AvgIpc) is 2.68. The number of amides is 1. The van der Waals surface area contributed by atoms with Gasteiger partial charge in [-0.15, -0.1) is 0 Å². The highest BCUT2D eigenvalue weighted by Crippen LogP contribution is 2.17. The average molecular weight is 260 g/mol. The Morgan fingerprint density at radius 1 is 1.29 bits per heavy atom. The molecule has 1 saturated carbocycles. The molecule has 2 aliphatic rings. The number of hydrogen-bond acceptors (Lipinski definition) is 4. The van der Waals surface area contributed by atoms with Crippen LogP contribution in [0, 0.1) is 0 Å².